The van der Waals surface area contributed by atoms with Gasteiger partial charge >= 0.3 is 0 Å². The lowest BCUT2D eigenvalue weighted by Crippen LogP contribution is -2.41. The van der Waals surface area contributed by atoms with Gasteiger partial charge in [-0.25, -0.2) is 8.42 Å². The molecule has 5 nitrogen and oxygen atoms in total. The summed E-state index contributed by atoms with van der Waals surface area (Å²) in [5.74, 6) is -0.424. The minimum absolute atomic E-state index is 0.107. The van der Waals surface area contributed by atoms with Crippen LogP contribution in [0.25, 0.3) is 0 Å². The summed E-state index contributed by atoms with van der Waals surface area (Å²) >= 11 is 3.24. The molecule has 1 atom stereocenters. The molecule has 0 spiro atoms. The maximum Gasteiger partial charge on any atom is 0.242 e. The van der Waals surface area contributed by atoms with Crippen molar-refractivity contribution in [3.8, 4) is 0 Å². The third-order valence-electron chi connectivity index (χ3n) is 2.89. The van der Waals surface area contributed by atoms with E-state index in [1.165, 1.54) is 19.1 Å². The van der Waals surface area contributed by atoms with Crippen molar-refractivity contribution in [1.82, 2.24) is 4.72 Å². The zero-order chi connectivity index (χ0) is 16.2. The van der Waals surface area contributed by atoms with Crippen LogP contribution in [-0.2, 0) is 14.8 Å². The quantitative estimate of drug-likeness (QED) is 0.834. The summed E-state index contributed by atoms with van der Waals surface area (Å²) in [4.78, 5) is 12.1. The fourth-order valence-corrected chi connectivity index (χ4v) is 3.21. The van der Waals surface area contributed by atoms with Gasteiger partial charge in [0.25, 0.3) is 0 Å². The van der Waals surface area contributed by atoms with Crippen molar-refractivity contribution in [3.63, 3.8) is 0 Å². The first-order valence-electron chi connectivity index (χ1n) is 6.52. The van der Waals surface area contributed by atoms with Crippen LogP contribution in [0.3, 0.4) is 0 Å². The van der Waals surface area contributed by atoms with E-state index in [0.29, 0.717) is 5.69 Å². The molecule has 7 heteroatoms. The first-order valence-corrected chi connectivity index (χ1v) is 8.80. The second-order valence-electron chi connectivity index (χ2n) is 4.65. The van der Waals surface area contributed by atoms with Crippen molar-refractivity contribution < 1.29 is 13.2 Å². The van der Waals surface area contributed by atoms with Gasteiger partial charge in [0.05, 0.1) is 10.9 Å². The number of hydrogen-bond donors (Lipinski definition) is 2. The Hall–Kier alpha value is -1.70. The molecule has 0 aliphatic rings. The molecule has 2 N–H and O–H groups in total. The molecule has 0 radical (unpaired) electrons. The van der Waals surface area contributed by atoms with E-state index in [4.69, 9.17) is 0 Å². The Morgan fingerprint density at radius 2 is 1.64 bits per heavy atom. The number of carbonyl (C=O) groups is 1. The average molecular weight is 383 g/mol. The number of carbonyl (C=O) groups excluding carboxylic acids is 1. The molecular formula is C15H15BrN2O3S. The first kappa shape index (κ1) is 16.7. The van der Waals surface area contributed by atoms with Crippen LogP contribution in [0.5, 0.6) is 0 Å². The summed E-state index contributed by atoms with van der Waals surface area (Å²) < 4.78 is 27.5. The fourth-order valence-electron chi connectivity index (χ4n) is 1.74. The molecule has 2 aromatic rings. The largest absolute Gasteiger partial charge is 0.325 e. The number of hydrogen-bond acceptors (Lipinski definition) is 3. The number of para-hydroxylation sites is 1. The molecule has 22 heavy (non-hydrogen) atoms. The summed E-state index contributed by atoms with van der Waals surface area (Å²) in [6.45, 7) is 1.49. The zero-order valence-electron chi connectivity index (χ0n) is 11.8. The molecular weight excluding hydrogens is 368 g/mol. The van der Waals surface area contributed by atoms with Crippen molar-refractivity contribution in [3.05, 3.63) is 59.1 Å². The molecule has 1 amide bonds. The standard InChI is InChI=1S/C15H15BrN2O3S/c1-11(15(19)17-13-5-3-2-4-6-13)18-22(20,21)14-9-7-12(16)8-10-14/h2-11,18H,1H3,(H,17,19). The lowest BCUT2D eigenvalue weighted by atomic mass is 10.3. The Morgan fingerprint density at radius 1 is 1.05 bits per heavy atom. The molecule has 1 unspecified atom stereocenters. The van der Waals surface area contributed by atoms with Gasteiger partial charge < -0.3 is 5.32 Å². The van der Waals surface area contributed by atoms with Gasteiger partial charge in [-0.1, -0.05) is 34.1 Å². The van der Waals surface area contributed by atoms with Crippen LogP contribution in [-0.4, -0.2) is 20.4 Å². The summed E-state index contributed by atoms with van der Waals surface area (Å²) in [5.41, 5.74) is 0.613. The molecule has 0 bridgehead atoms. The third-order valence-corrected chi connectivity index (χ3v) is 4.98. The fraction of sp³-hybridized carbons (Fsp3) is 0.133. The van der Waals surface area contributed by atoms with Gasteiger partial charge in [0.2, 0.25) is 15.9 Å². The molecule has 2 rings (SSSR count). The van der Waals surface area contributed by atoms with Crippen LogP contribution in [0.15, 0.2) is 64.0 Å². The van der Waals surface area contributed by atoms with E-state index in [2.05, 4.69) is 26.0 Å². The molecule has 0 aromatic heterocycles. The van der Waals surface area contributed by atoms with Gasteiger partial charge in [-0.3, -0.25) is 4.79 Å². The predicted molar refractivity (Wildman–Crippen MR) is 89.0 cm³/mol. The maximum atomic E-state index is 12.2. The van der Waals surface area contributed by atoms with Crippen molar-refractivity contribution in [2.24, 2.45) is 0 Å². The predicted octanol–water partition coefficient (Wildman–Crippen LogP) is 2.75. The Labute approximate surface area is 137 Å². The van der Waals surface area contributed by atoms with E-state index in [9.17, 15) is 13.2 Å². The van der Waals surface area contributed by atoms with Gasteiger partial charge in [-0.15, -0.1) is 0 Å². The molecule has 0 saturated heterocycles. The number of benzene rings is 2. The Balaban J connectivity index is 2.05. The number of amides is 1. The van der Waals surface area contributed by atoms with Crippen molar-refractivity contribution in [2.45, 2.75) is 17.9 Å². The third kappa shape index (κ3) is 4.40. The number of sulfonamides is 1. The van der Waals surface area contributed by atoms with E-state index in [1.807, 2.05) is 6.07 Å². The Morgan fingerprint density at radius 3 is 2.23 bits per heavy atom. The minimum atomic E-state index is -3.75. The lowest BCUT2D eigenvalue weighted by Gasteiger charge is -2.14. The van der Waals surface area contributed by atoms with Crippen molar-refractivity contribution in [1.29, 1.82) is 0 Å². The summed E-state index contributed by atoms with van der Waals surface area (Å²) in [7, 11) is -3.75. The molecule has 0 saturated carbocycles. The summed E-state index contributed by atoms with van der Waals surface area (Å²) in [6.07, 6.45) is 0. The SMILES string of the molecule is CC(NS(=O)(=O)c1ccc(Br)cc1)C(=O)Nc1ccccc1. The van der Waals surface area contributed by atoms with Gasteiger partial charge in [-0.05, 0) is 43.3 Å². The summed E-state index contributed by atoms with van der Waals surface area (Å²) in [5, 5.41) is 2.65. The van der Waals surface area contributed by atoms with Gasteiger partial charge in [0.15, 0.2) is 0 Å². The second kappa shape index (κ2) is 7.04. The highest BCUT2D eigenvalue weighted by Gasteiger charge is 2.21. The minimum Gasteiger partial charge on any atom is -0.325 e. The molecule has 0 heterocycles. The van der Waals surface area contributed by atoms with E-state index in [0.717, 1.165) is 4.47 Å². The number of nitrogens with one attached hydrogen (secondary N) is 2. The van der Waals surface area contributed by atoms with E-state index in [1.54, 1.807) is 36.4 Å². The van der Waals surface area contributed by atoms with E-state index >= 15 is 0 Å². The first-order chi connectivity index (χ1) is 10.4. The Bertz CT molecular complexity index is 746. The molecule has 0 fully saturated rings. The van der Waals surface area contributed by atoms with Crippen molar-refractivity contribution >= 4 is 37.5 Å². The van der Waals surface area contributed by atoms with Gasteiger partial charge in [0, 0.05) is 10.2 Å². The monoisotopic (exact) mass is 382 g/mol. The molecule has 0 aliphatic heterocycles. The van der Waals surface area contributed by atoms with Crippen LogP contribution in [0.4, 0.5) is 5.69 Å². The van der Waals surface area contributed by atoms with Gasteiger partial charge in [-0.2, -0.15) is 4.72 Å². The van der Waals surface area contributed by atoms with Crippen LogP contribution < -0.4 is 10.0 Å². The van der Waals surface area contributed by atoms with Gasteiger partial charge in [0.1, 0.15) is 0 Å². The van der Waals surface area contributed by atoms with Crippen LogP contribution in [0, 0.1) is 0 Å². The average Bonchev–Trinajstić information content (AvgIpc) is 2.48. The van der Waals surface area contributed by atoms with E-state index < -0.39 is 22.0 Å². The highest BCUT2D eigenvalue weighted by atomic mass is 79.9. The van der Waals surface area contributed by atoms with Crippen LogP contribution >= 0.6 is 15.9 Å². The number of halogens is 1. The highest BCUT2D eigenvalue weighted by Crippen LogP contribution is 2.15. The van der Waals surface area contributed by atoms with Crippen molar-refractivity contribution in [2.75, 3.05) is 5.32 Å². The molecule has 116 valence electrons. The second-order valence-corrected chi connectivity index (χ2v) is 7.28. The Kier molecular flexibility index (Phi) is 5.33. The topological polar surface area (TPSA) is 75.3 Å². The zero-order valence-corrected chi connectivity index (χ0v) is 14.2. The smallest absolute Gasteiger partial charge is 0.242 e. The summed E-state index contributed by atoms with van der Waals surface area (Å²) in [6, 6.07) is 14.2. The van der Waals surface area contributed by atoms with Crippen LogP contribution in [0.2, 0.25) is 0 Å². The molecule has 2 aromatic carbocycles. The highest BCUT2D eigenvalue weighted by molar-refractivity contribution is 9.10. The maximum absolute atomic E-state index is 12.2. The van der Waals surface area contributed by atoms with E-state index in [-0.39, 0.29) is 4.90 Å². The molecule has 0 aliphatic carbocycles. The van der Waals surface area contributed by atoms with Crippen LogP contribution in [0.1, 0.15) is 6.92 Å². The number of anilines is 1. The number of rotatable bonds is 5. The lowest BCUT2D eigenvalue weighted by molar-refractivity contribution is -0.117. The normalized spacial score (nSPS) is 12.6.